The highest BCUT2D eigenvalue weighted by Crippen LogP contribution is 2.23. The molecule has 4 rings (SSSR count). The van der Waals surface area contributed by atoms with E-state index in [2.05, 4.69) is 15.2 Å². The van der Waals surface area contributed by atoms with Crippen LogP contribution in [0.5, 0.6) is 0 Å². The number of fused-ring (bicyclic) bond motifs is 2. The van der Waals surface area contributed by atoms with E-state index < -0.39 is 0 Å². The maximum absolute atomic E-state index is 13.0. The fourth-order valence-corrected chi connectivity index (χ4v) is 3.31. The number of amides is 1. The number of carbonyl (C=O) groups is 1. The molecule has 130 valence electrons. The van der Waals surface area contributed by atoms with Gasteiger partial charge in [0.25, 0.3) is 5.91 Å². The highest BCUT2D eigenvalue weighted by Gasteiger charge is 2.26. The van der Waals surface area contributed by atoms with E-state index in [4.69, 9.17) is 11.6 Å². The minimum atomic E-state index is -0.228. The Balaban J connectivity index is 1.67. The van der Waals surface area contributed by atoms with Gasteiger partial charge in [0.1, 0.15) is 5.02 Å². The zero-order valence-corrected chi connectivity index (χ0v) is 14.4. The third-order valence-corrected chi connectivity index (χ3v) is 4.61. The Morgan fingerprint density at radius 2 is 2.20 bits per heavy atom. The minimum absolute atomic E-state index is 0.114. The van der Waals surface area contributed by atoms with Gasteiger partial charge in [-0.05, 0) is 25.0 Å². The molecule has 1 aliphatic rings. The number of aliphatic hydroxyl groups excluding tert-OH is 1. The highest BCUT2D eigenvalue weighted by molar-refractivity contribution is 6.36. The minimum Gasteiger partial charge on any atom is -0.390 e. The number of carbonyl (C=O) groups excluding carboxylic acids is 1. The summed E-state index contributed by atoms with van der Waals surface area (Å²) in [5.41, 5.74) is 3.10. The molecule has 25 heavy (non-hydrogen) atoms. The van der Waals surface area contributed by atoms with Gasteiger partial charge in [0.2, 0.25) is 0 Å². The number of hydrogen-bond acceptors (Lipinski definition) is 5. The van der Waals surface area contributed by atoms with Crippen molar-refractivity contribution in [3.63, 3.8) is 0 Å². The molecule has 0 radical (unpaired) electrons. The van der Waals surface area contributed by atoms with Crippen LogP contribution in [-0.4, -0.2) is 46.8 Å². The third-order valence-electron chi connectivity index (χ3n) is 4.26. The molecule has 8 nitrogen and oxygen atoms in total. The lowest BCUT2D eigenvalue weighted by Gasteiger charge is -2.18. The predicted octanol–water partition coefficient (Wildman–Crippen LogP) is 1.43. The summed E-state index contributed by atoms with van der Waals surface area (Å²) >= 11 is 6.35. The number of rotatable bonds is 2. The molecule has 0 aromatic carbocycles. The van der Waals surface area contributed by atoms with E-state index >= 15 is 0 Å². The molecule has 3 aromatic rings. The highest BCUT2D eigenvalue weighted by atomic mass is 35.5. The van der Waals surface area contributed by atoms with Crippen molar-refractivity contribution in [2.75, 3.05) is 6.54 Å². The van der Waals surface area contributed by atoms with E-state index in [1.165, 1.54) is 4.52 Å². The average molecular weight is 361 g/mol. The lowest BCUT2D eigenvalue weighted by molar-refractivity contribution is 0.0739. The van der Waals surface area contributed by atoms with Crippen LogP contribution < -0.4 is 0 Å². The molecular weight excluding hydrogens is 344 g/mol. The fourth-order valence-electron chi connectivity index (χ4n) is 3.06. The number of aryl methyl sites for hydroxylation is 2. The first kappa shape index (κ1) is 16.0. The summed E-state index contributed by atoms with van der Waals surface area (Å²) in [6, 6.07) is 1.82. The molecule has 1 amide bonds. The normalized spacial score (nSPS) is 14.6. The van der Waals surface area contributed by atoms with Crippen LogP contribution in [0.15, 0.2) is 18.5 Å². The van der Waals surface area contributed by atoms with Gasteiger partial charge in [-0.25, -0.2) is 9.50 Å². The van der Waals surface area contributed by atoms with E-state index in [-0.39, 0.29) is 23.2 Å². The Kier molecular flexibility index (Phi) is 3.93. The Morgan fingerprint density at radius 1 is 1.36 bits per heavy atom. The zero-order valence-electron chi connectivity index (χ0n) is 13.7. The second kappa shape index (κ2) is 6.12. The summed E-state index contributed by atoms with van der Waals surface area (Å²) in [6.07, 6.45) is 4.25. The van der Waals surface area contributed by atoms with Gasteiger partial charge in [0, 0.05) is 25.5 Å². The second-order valence-corrected chi connectivity index (χ2v) is 6.53. The molecule has 0 aliphatic carbocycles. The molecule has 0 fully saturated rings. The molecule has 4 heterocycles. The Labute approximate surface area is 148 Å². The predicted molar refractivity (Wildman–Crippen MR) is 90.2 cm³/mol. The van der Waals surface area contributed by atoms with Crippen LogP contribution in [0.3, 0.4) is 0 Å². The van der Waals surface area contributed by atoms with Gasteiger partial charge in [0.15, 0.2) is 11.3 Å². The van der Waals surface area contributed by atoms with Crippen LogP contribution in [0.1, 0.15) is 33.9 Å². The summed E-state index contributed by atoms with van der Waals surface area (Å²) in [5, 5.41) is 18.2. The van der Waals surface area contributed by atoms with E-state index in [1.807, 2.05) is 17.7 Å². The maximum atomic E-state index is 13.0. The first-order chi connectivity index (χ1) is 12.1. The molecule has 0 saturated carbocycles. The lowest BCUT2D eigenvalue weighted by atomic mass is 10.3. The van der Waals surface area contributed by atoms with Crippen LogP contribution in [0, 0.1) is 6.92 Å². The largest absolute Gasteiger partial charge is 0.390 e. The lowest BCUT2D eigenvalue weighted by Crippen LogP contribution is -2.31. The van der Waals surface area contributed by atoms with Gasteiger partial charge in [-0.2, -0.15) is 10.2 Å². The average Bonchev–Trinajstić information content (AvgIpc) is 3.07. The van der Waals surface area contributed by atoms with Crippen LogP contribution in [-0.2, 0) is 19.7 Å². The summed E-state index contributed by atoms with van der Waals surface area (Å²) in [7, 11) is 0. The smallest absolute Gasteiger partial charge is 0.276 e. The van der Waals surface area contributed by atoms with Crippen molar-refractivity contribution < 1.29 is 9.90 Å². The van der Waals surface area contributed by atoms with E-state index in [9.17, 15) is 9.90 Å². The quantitative estimate of drug-likeness (QED) is 0.746. The van der Waals surface area contributed by atoms with Gasteiger partial charge in [-0.1, -0.05) is 11.6 Å². The molecule has 0 spiro atoms. The van der Waals surface area contributed by atoms with Crippen LogP contribution in [0.4, 0.5) is 0 Å². The Bertz CT molecular complexity index is 963. The first-order valence-corrected chi connectivity index (χ1v) is 8.41. The van der Waals surface area contributed by atoms with Crippen molar-refractivity contribution >= 4 is 23.2 Å². The van der Waals surface area contributed by atoms with Gasteiger partial charge in [-0.15, -0.1) is 0 Å². The standard InChI is InChI=1S/C16H17ClN6O2/c1-10-6-18-15-13(17)14(20-23(15)7-10)16(25)21-3-2-4-22-12(8-21)5-11(9-24)19-22/h5-7,24H,2-4,8-9H2,1H3. The summed E-state index contributed by atoms with van der Waals surface area (Å²) in [4.78, 5) is 18.9. The number of aromatic nitrogens is 5. The van der Waals surface area contributed by atoms with Gasteiger partial charge >= 0.3 is 0 Å². The molecular formula is C16H17ClN6O2. The first-order valence-electron chi connectivity index (χ1n) is 8.03. The van der Waals surface area contributed by atoms with Crippen molar-refractivity contribution in [3.05, 3.63) is 46.1 Å². The van der Waals surface area contributed by atoms with E-state index in [0.29, 0.717) is 31.0 Å². The monoisotopic (exact) mass is 360 g/mol. The summed E-state index contributed by atoms with van der Waals surface area (Å²) < 4.78 is 3.38. The number of hydrogen-bond donors (Lipinski definition) is 1. The molecule has 0 atom stereocenters. The Hall–Kier alpha value is -2.45. The fraction of sp³-hybridized carbons (Fsp3) is 0.375. The van der Waals surface area contributed by atoms with Crippen molar-refractivity contribution in [2.24, 2.45) is 0 Å². The van der Waals surface area contributed by atoms with Crippen molar-refractivity contribution in [1.29, 1.82) is 0 Å². The molecule has 3 aromatic heterocycles. The van der Waals surface area contributed by atoms with Gasteiger partial charge in [0.05, 0.1) is 24.5 Å². The van der Waals surface area contributed by atoms with Crippen molar-refractivity contribution in [1.82, 2.24) is 29.3 Å². The van der Waals surface area contributed by atoms with Crippen LogP contribution in [0.25, 0.3) is 5.65 Å². The van der Waals surface area contributed by atoms with Crippen LogP contribution in [0.2, 0.25) is 5.02 Å². The summed E-state index contributed by atoms with van der Waals surface area (Å²) in [6.45, 7) is 3.49. The third kappa shape index (κ3) is 2.77. The van der Waals surface area contributed by atoms with Gasteiger partial charge in [-0.3, -0.25) is 9.48 Å². The molecule has 1 N–H and O–H groups in total. The van der Waals surface area contributed by atoms with Crippen LogP contribution >= 0.6 is 11.6 Å². The van der Waals surface area contributed by atoms with Crippen molar-refractivity contribution in [2.45, 2.75) is 33.0 Å². The molecule has 1 aliphatic heterocycles. The van der Waals surface area contributed by atoms with E-state index in [0.717, 1.165) is 17.7 Å². The van der Waals surface area contributed by atoms with Crippen molar-refractivity contribution in [3.8, 4) is 0 Å². The topological polar surface area (TPSA) is 88.5 Å². The zero-order chi connectivity index (χ0) is 17.6. The second-order valence-electron chi connectivity index (χ2n) is 6.15. The molecule has 9 heteroatoms. The number of halogens is 1. The molecule has 0 bridgehead atoms. The summed E-state index contributed by atoms with van der Waals surface area (Å²) in [5.74, 6) is -0.228. The SMILES string of the molecule is Cc1cnc2c(Cl)c(C(=O)N3CCCn4nc(CO)cc4C3)nn2c1. The molecule has 0 saturated heterocycles. The van der Waals surface area contributed by atoms with E-state index in [1.54, 1.807) is 17.3 Å². The molecule has 0 unspecified atom stereocenters. The Morgan fingerprint density at radius 3 is 3.00 bits per heavy atom. The number of nitrogens with zero attached hydrogens (tertiary/aromatic N) is 6. The number of aliphatic hydroxyl groups is 1. The maximum Gasteiger partial charge on any atom is 0.276 e. The van der Waals surface area contributed by atoms with Gasteiger partial charge < -0.3 is 10.0 Å².